The molecule has 2 aliphatic rings. The van der Waals surface area contributed by atoms with E-state index in [4.69, 9.17) is 0 Å². The number of rotatable bonds is 4. The second-order valence-electron chi connectivity index (χ2n) is 5.46. The third-order valence-electron chi connectivity index (χ3n) is 4.13. The average Bonchev–Trinajstić information content (AvgIpc) is 2.25. The van der Waals surface area contributed by atoms with Crippen molar-refractivity contribution in [3.63, 3.8) is 0 Å². The number of hydrogen-bond donors (Lipinski definition) is 2. The fraction of sp³-hybridized carbons (Fsp3) is 0.923. The van der Waals surface area contributed by atoms with Crippen LogP contribution < -0.4 is 10.6 Å². The van der Waals surface area contributed by atoms with Crippen molar-refractivity contribution in [3.05, 3.63) is 0 Å². The fourth-order valence-electron chi connectivity index (χ4n) is 2.70. The number of piperidine rings is 1. The molecule has 1 saturated heterocycles. The summed E-state index contributed by atoms with van der Waals surface area (Å²) < 4.78 is 0. The van der Waals surface area contributed by atoms with Crippen LogP contribution in [-0.2, 0) is 4.79 Å². The first kappa shape index (κ1) is 11.9. The van der Waals surface area contributed by atoms with Gasteiger partial charge in [-0.15, -0.1) is 0 Å². The Hall–Kier alpha value is -0.570. The van der Waals surface area contributed by atoms with Gasteiger partial charge in [-0.05, 0) is 57.5 Å². The Balaban J connectivity index is 1.68. The van der Waals surface area contributed by atoms with Crippen LogP contribution in [0.25, 0.3) is 0 Å². The molecule has 3 heteroatoms. The Morgan fingerprint density at radius 2 is 2.19 bits per heavy atom. The molecule has 0 aromatic rings. The number of hydrogen-bond acceptors (Lipinski definition) is 2. The molecule has 92 valence electrons. The van der Waals surface area contributed by atoms with Crippen molar-refractivity contribution in [2.24, 2.45) is 11.8 Å². The van der Waals surface area contributed by atoms with Gasteiger partial charge in [-0.3, -0.25) is 4.79 Å². The maximum absolute atomic E-state index is 11.8. The van der Waals surface area contributed by atoms with E-state index >= 15 is 0 Å². The molecule has 1 aliphatic heterocycles. The van der Waals surface area contributed by atoms with Crippen LogP contribution in [-0.4, -0.2) is 25.0 Å². The number of carbonyl (C=O) groups excluding carboxylic acids is 1. The van der Waals surface area contributed by atoms with Gasteiger partial charge in [-0.1, -0.05) is 6.42 Å². The van der Waals surface area contributed by atoms with E-state index in [1.165, 1.54) is 32.1 Å². The molecule has 2 unspecified atom stereocenters. The molecule has 1 saturated carbocycles. The predicted molar refractivity (Wildman–Crippen MR) is 65.2 cm³/mol. The van der Waals surface area contributed by atoms with E-state index in [9.17, 15) is 4.79 Å². The summed E-state index contributed by atoms with van der Waals surface area (Å²) in [6.07, 6.45) is 7.08. The van der Waals surface area contributed by atoms with Crippen LogP contribution in [0, 0.1) is 11.8 Å². The summed E-state index contributed by atoms with van der Waals surface area (Å²) in [7, 11) is 0. The molecule has 0 spiro atoms. The van der Waals surface area contributed by atoms with E-state index in [2.05, 4.69) is 17.6 Å². The average molecular weight is 224 g/mol. The normalized spacial score (nSPS) is 28.2. The zero-order valence-electron chi connectivity index (χ0n) is 10.3. The first-order valence-corrected chi connectivity index (χ1v) is 6.76. The molecule has 0 aromatic carbocycles. The molecule has 1 amide bonds. The first-order chi connectivity index (χ1) is 7.75. The summed E-state index contributed by atoms with van der Waals surface area (Å²) in [6, 6.07) is 0.334. The van der Waals surface area contributed by atoms with Crippen LogP contribution in [0.5, 0.6) is 0 Å². The van der Waals surface area contributed by atoms with Gasteiger partial charge in [0, 0.05) is 12.5 Å². The highest BCUT2D eigenvalue weighted by molar-refractivity contribution is 5.76. The van der Waals surface area contributed by atoms with E-state index in [1.807, 2.05) is 0 Å². The number of nitrogens with one attached hydrogen (secondary N) is 2. The van der Waals surface area contributed by atoms with E-state index < -0.39 is 0 Å². The van der Waals surface area contributed by atoms with Gasteiger partial charge >= 0.3 is 0 Å². The second kappa shape index (κ2) is 5.67. The lowest BCUT2D eigenvalue weighted by Gasteiger charge is -2.30. The summed E-state index contributed by atoms with van der Waals surface area (Å²) >= 11 is 0. The van der Waals surface area contributed by atoms with Crippen molar-refractivity contribution >= 4 is 5.91 Å². The maximum Gasteiger partial charge on any atom is 0.220 e. The summed E-state index contributed by atoms with van der Waals surface area (Å²) in [6.45, 7) is 4.35. The first-order valence-electron chi connectivity index (χ1n) is 6.76. The Morgan fingerprint density at radius 1 is 1.38 bits per heavy atom. The largest absolute Gasteiger partial charge is 0.353 e. The molecule has 2 atom stereocenters. The highest BCUT2D eigenvalue weighted by Gasteiger charge is 2.24. The lowest BCUT2D eigenvalue weighted by atomic mass is 9.82. The van der Waals surface area contributed by atoms with E-state index in [0.29, 0.717) is 17.9 Å². The van der Waals surface area contributed by atoms with Gasteiger partial charge in [0.05, 0.1) is 0 Å². The van der Waals surface area contributed by atoms with Crippen LogP contribution in [0.2, 0.25) is 0 Å². The molecule has 0 bridgehead atoms. The van der Waals surface area contributed by atoms with Crippen LogP contribution in [0.3, 0.4) is 0 Å². The molecule has 2 fully saturated rings. The topological polar surface area (TPSA) is 41.1 Å². The quantitative estimate of drug-likeness (QED) is 0.763. The summed E-state index contributed by atoms with van der Waals surface area (Å²) in [4.78, 5) is 11.8. The number of carbonyl (C=O) groups is 1. The molecule has 1 aliphatic carbocycles. The third kappa shape index (κ3) is 3.21. The molecule has 1 heterocycles. The minimum Gasteiger partial charge on any atom is -0.353 e. The molecule has 3 nitrogen and oxygen atoms in total. The van der Waals surface area contributed by atoms with Gasteiger partial charge in [0.1, 0.15) is 0 Å². The van der Waals surface area contributed by atoms with Crippen LogP contribution in [0.4, 0.5) is 0 Å². The van der Waals surface area contributed by atoms with E-state index in [-0.39, 0.29) is 5.91 Å². The Labute approximate surface area is 98.4 Å². The Bertz CT molecular complexity index is 232. The van der Waals surface area contributed by atoms with Crippen molar-refractivity contribution in [1.29, 1.82) is 0 Å². The van der Waals surface area contributed by atoms with Crippen LogP contribution in [0.1, 0.15) is 45.4 Å². The third-order valence-corrected chi connectivity index (χ3v) is 4.13. The maximum atomic E-state index is 11.8. The van der Waals surface area contributed by atoms with Gasteiger partial charge in [-0.2, -0.15) is 0 Å². The van der Waals surface area contributed by atoms with Crippen molar-refractivity contribution in [1.82, 2.24) is 10.6 Å². The summed E-state index contributed by atoms with van der Waals surface area (Å²) in [5.74, 6) is 1.57. The highest BCUT2D eigenvalue weighted by atomic mass is 16.1. The minimum absolute atomic E-state index is 0.266. The molecule has 2 rings (SSSR count). The standard InChI is InChI=1S/C13H24N2O/c1-10(12-6-3-7-14-9-12)15-13(16)8-11-4-2-5-11/h10-12,14H,2-9H2,1H3,(H,15,16). The molecule has 16 heavy (non-hydrogen) atoms. The van der Waals surface area contributed by atoms with Crippen LogP contribution in [0.15, 0.2) is 0 Å². The molecule has 0 radical (unpaired) electrons. The molecular weight excluding hydrogens is 200 g/mol. The van der Waals surface area contributed by atoms with Crippen LogP contribution >= 0.6 is 0 Å². The lowest BCUT2D eigenvalue weighted by Crippen LogP contribution is -2.45. The van der Waals surface area contributed by atoms with Crippen molar-refractivity contribution in [3.8, 4) is 0 Å². The van der Waals surface area contributed by atoms with Crippen molar-refractivity contribution in [2.45, 2.75) is 51.5 Å². The zero-order valence-corrected chi connectivity index (χ0v) is 10.3. The van der Waals surface area contributed by atoms with Gasteiger partial charge in [0.15, 0.2) is 0 Å². The van der Waals surface area contributed by atoms with E-state index in [0.717, 1.165) is 19.5 Å². The Morgan fingerprint density at radius 3 is 2.75 bits per heavy atom. The molecule has 0 aromatic heterocycles. The van der Waals surface area contributed by atoms with Gasteiger partial charge in [0.2, 0.25) is 5.91 Å². The minimum atomic E-state index is 0.266. The lowest BCUT2D eigenvalue weighted by molar-refractivity contribution is -0.123. The monoisotopic (exact) mass is 224 g/mol. The van der Waals surface area contributed by atoms with Gasteiger partial charge < -0.3 is 10.6 Å². The second-order valence-corrected chi connectivity index (χ2v) is 5.46. The zero-order chi connectivity index (χ0) is 11.4. The molecular formula is C13H24N2O. The van der Waals surface area contributed by atoms with Gasteiger partial charge in [-0.25, -0.2) is 0 Å². The predicted octanol–water partition coefficient (Wildman–Crippen LogP) is 1.68. The Kier molecular flexibility index (Phi) is 4.22. The van der Waals surface area contributed by atoms with Gasteiger partial charge in [0.25, 0.3) is 0 Å². The van der Waals surface area contributed by atoms with Crippen molar-refractivity contribution < 1.29 is 4.79 Å². The SMILES string of the molecule is CC(NC(=O)CC1CCC1)C1CCCNC1. The highest BCUT2D eigenvalue weighted by Crippen LogP contribution is 2.29. The van der Waals surface area contributed by atoms with Crippen molar-refractivity contribution in [2.75, 3.05) is 13.1 Å². The van der Waals surface area contributed by atoms with E-state index in [1.54, 1.807) is 0 Å². The summed E-state index contributed by atoms with van der Waals surface area (Å²) in [5, 5.41) is 6.57. The molecule has 2 N–H and O–H groups in total. The summed E-state index contributed by atoms with van der Waals surface area (Å²) in [5.41, 5.74) is 0. The fourth-order valence-corrected chi connectivity index (χ4v) is 2.70. The smallest absolute Gasteiger partial charge is 0.220 e. The number of amides is 1.